The van der Waals surface area contributed by atoms with E-state index >= 15 is 0 Å². The quantitative estimate of drug-likeness (QED) is 0.584. The Labute approximate surface area is 77.1 Å². The van der Waals surface area contributed by atoms with Crippen molar-refractivity contribution >= 4 is 11.9 Å². The summed E-state index contributed by atoms with van der Waals surface area (Å²) >= 11 is 0. The van der Waals surface area contributed by atoms with Gasteiger partial charge in [0, 0.05) is 5.92 Å². The lowest BCUT2D eigenvalue weighted by Gasteiger charge is -2.01. The molecule has 1 aromatic rings. The Morgan fingerprint density at radius 2 is 1.92 bits per heavy atom. The molecule has 1 fully saturated rings. The van der Waals surface area contributed by atoms with Crippen molar-refractivity contribution in [1.29, 1.82) is 0 Å². The summed E-state index contributed by atoms with van der Waals surface area (Å²) in [6, 6.07) is 8.30. The number of carbonyl (C=O) groups excluding carboxylic acids is 1. The van der Waals surface area contributed by atoms with Crippen molar-refractivity contribution in [3.8, 4) is 0 Å². The highest BCUT2D eigenvalue weighted by atomic mass is 16.1. The first kappa shape index (κ1) is 7.07. The van der Waals surface area contributed by atoms with Crippen molar-refractivity contribution in [2.24, 2.45) is 5.92 Å². The summed E-state index contributed by atoms with van der Waals surface area (Å²) in [6.07, 6.45) is 4.74. The molecule has 1 nitrogen and oxygen atoms in total. The molecule has 0 unspecified atom stereocenters. The Kier molecular flexibility index (Phi) is 1.26. The summed E-state index contributed by atoms with van der Waals surface area (Å²) in [7, 11) is 0. The summed E-state index contributed by atoms with van der Waals surface area (Å²) < 4.78 is 0. The van der Waals surface area contributed by atoms with Crippen LogP contribution < -0.4 is 0 Å². The van der Waals surface area contributed by atoms with Crippen LogP contribution in [0.5, 0.6) is 0 Å². The van der Waals surface area contributed by atoms with E-state index in [2.05, 4.69) is 18.2 Å². The van der Waals surface area contributed by atoms with E-state index in [1.54, 1.807) is 6.08 Å². The Morgan fingerprint density at radius 1 is 1.08 bits per heavy atom. The van der Waals surface area contributed by atoms with Gasteiger partial charge in [0.1, 0.15) is 0 Å². The van der Waals surface area contributed by atoms with E-state index in [1.807, 2.05) is 12.1 Å². The van der Waals surface area contributed by atoms with E-state index in [9.17, 15) is 4.79 Å². The molecule has 0 radical (unpaired) electrons. The third-order valence-corrected chi connectivity index (χ3v) is 2.98. The standard InChI is InChI=1S/C12H10O/c13-12-6-5-8-3-1-2-4-9(8)10-7-11(10)12/h1-6,10-11H,7H2/t10-,11+/m0/s1. The van der Waals surface area contributed by atoms with Crippen LogP contribution in [-0.4, -0.2) is 5.78 Å². The van der Waals surface area contributed by atoms with E-state index in [1.165, 1.54) is 11.1 Å². The second-order valence-electron chi connectivity index (χ2n) is 3.81. The van der Waals surface area contributed by atoms with Crippen molar-refractivity contribution in [2.45, 2.75) is 12.3 Å². The minimum Gasteiger partial charge on any atom is -0.295 e. The third-order valence-electron chi connectivity index (χ3n) is 2.98. The lowest BCUT2D eigenvalue weighted by molar-refractivity contribution is -0.115. The molecule has 64 valence electrons. The van der Waals surface area contributed by atoms with Crippen LogP contribution >= 0.6 is 0 Å². The largest absolute Gasteiger partial charge is 0.295 e. The van der Waals surface area contributed by atoms with Gasteiger partial charge in [-0.05, 0) is 29.5 Å². The number of fused-ring (bicyclic) bond motifs is 3. The highest BCUT2D eigenvalue weighted by molar-refractivity contribution is 5.99. The molecule has 0 amide bonds. The van der Waals surface area contributed by atoms with Gasteiger partial charge in [0.15, 0.2) is 5.78 Å². The van der Waals surface area contributed by atoms with E-state index in [0.717, 1.165) is 6.42 Å². The molecule has 0 saturated heterocycles. The topological polar surface area (TPSA) is 17.1 Å². The van der Waals surface area contributed by atoms with E-state index in [0.29, 0.717) is 17.6 Å². The number of allylic oxidation sites excluding steroid dienone is 1. The molecule has 2 atom stereocenters. The molecule has 13 heavy (non-hydrogen) atoms. The summed E-state index contributed by atoms with van der Waals surface area (Å²) in [5.74, 6) is 1.11. The summed E-state index contributed by atoms with van der Waals surface area (Å²) in [5.41, 5.74) is 2.58. The Bertz CT molecular complexity index is 403. The first-order chi connectivity index (χ1) is 6.36. The molecule has 3 rings (SSSR count). The number of hydrogen-bond acceptors (Lipinski definition) is 1. The molecule has 0 bridgehead atoms. The smallest absolute Gasteiger partial charge is 0.159 e. The zero-order chi connectivity index (χ0) is 8.84. The van der Waals surface area contributed by atoms with Crippen LogP contribution in [-0.2, 0) is 4.79 Å². The van der Waals surface area contributed by atoms with Gasteiger partial charge in [-0.1, -0.05) is 30.3 Å². The highest BCUT2D eigenvalue weighted by Crippen LogP contribution is 2.50. The van der Waals surface area contributed by atoms with Gasteiger partial charge in [0.25, 0.3) is 0 Å². The number of benzene rings is 1. The van der Waals surface area contributed by atoms with Crippen molar-refractivity contribution in [2.75, 3.05) is 0 Å². The molecule has 0 spiro atoms. The fraction of sp³-hybridized carbons (Fsp3) is 0.250. The van der Waals surface area contributed by atoms with E-state index < -0.39 is 0 Å². The number of ketones is 1. The molecular weight excluding hydrogens is 160 g/mol. The summed E-state index contributed by atoms with van der Waals surface area (Å²) in [6.45, 7) is 0. The number of rotatable bonds is 0. The summed E-state index contributed by atoms with van der Waals surface area (Å²) in [5, 5.41) is 0. The van der Waals surface area contributed by atoms with Crippen LogP contribution in [0.1, 0.15) is 23.5 Å². The third kappa shape index (κ3) is 0.966. The monoisotopic (exact) mass is 170 g/mol. The van der Waals surface area contributed by atoms with Crippen LogP contribution in [0, 0.1) is 5.92 Å². The maximum Gasteiger partial charge on any atom is 0.159 e. The van der Waals surface area contributed by atoms with E-state index in [4.69, 9.17) is 0 Å². The molecule has 1 heteroatoms. The van der Waals surface area contributed by atoms with Gasteiger partial charge in [0.2, 0.25) is 0 Å². The van der Waals surface area contributed by atoms with E-state index in [-0.39, 0.29) is 0 Å². The second kappa shape index (κ2) is 2.32. The predicted molar refractivity (Wildman–Crippen MR) is 51.3 cm³/mol. The molecule has 0 N–H and O–H groups in total. The van der Waals surface area contributed by atoms with Crippen molar-refractivity contribution in [3.63, 3.8) is 0 Å². The first-order valence-electron chi connectivity index (χ1n) is 4.67. The zero-order valence-corrected chi connectivity index (χ0v) is 7.23. The normalized spacial score (nSPS) is 29.1. The van der Waals surface area contributed by atoms with Crippen LogP contribution in [0.3, 0.4) is 0 Å². The van der Waals surface area contributed by atoms with Crippen LogP contribution in [0.15, 0.2) is 30.3 Å². The van der Waals surface area contributed by atoms with Gasteiger partial charge < -0.3 is 0 Å². The number of carbonyl (C=O) groups is 1. The minimum absolute atomic E-state index is 0.292. The average Bonchev–Trinajstić information content (AvgIpc) is 2.93. The zero-order valence-electron chi connectivity index (χ0n) is 7.23. The summed E-state index contributed by atoms with van der Waals surface area (Å²) in [4.78, 5) is 11.4. The van der Waals surface area contributed by atoms with Crippen LogP contribution in [0.2, 0.25) is 0 Å². The molecule has 0 aliphatic heterocycles. The first-order valence-corrected chi connectivity index (χ1v) is 4.67. The molecule has 0 aromatic heterocycles. The van der Waals surface area contributed by atoms with Gasteiger partial charge in [-0.25, -0.2) is 0 Å². The second-order valence-corrected chi connectivity index (χ2v) is 3.81. The fourth-order valence-electron chi connectivity index (χ4n) is 2.15. The molecular formula is C12H10O. The maximum absolute atomic E-state index is 11.4. The van der Waals surface area contributed by atoms with Gasteiger partial charge in [-0.2, -0.15) is 0 Å². The lowest BCUT2D eigenvalue weighted by Crippen LogP contribution is -1.94. The van der Waals surface area contributed by atoms with Gasteiger partial charge in [-0.3, -0.25) is 4.79 Å². The molecule has 2 aliphatic rings. The molecule has 0 heterocycles. The Morgan fingerprint density at radius 3 is 2.85 bits per heavy atom. The Balaban J connectivity index is 2.17. The SMILES string of the molecule is O=C1C=Cc2ccccc2[C@@H]2C[C@@H]12. The lowest BCUT2D eigenvalue weighted by atomic mass is 10.0. The number of hydrogen-bond donors (Lipinski definition) is 0. The van der Waals surface area contributed by atoms with Crippen molar-refractivity contribution in [3.05, 3.63) is 41.5 Å². The van der Waals surface area contributed by atoms with Gasteiger partial charge in [-0.15, -0.1) is 0 Å². The molecule has 1 saturated carbocycles. The molecule has 1 aromatic carbocycles. The average molecular weight is 170 g/mol. The van der Waals surface area contributed by atoms with Crippen molar-refractivity contribution < 1.29 is 4.79 Å². The minimum atomic E-state index is 0.292. The fourth-order valence-corrected chi connectivity index (χ4v) is 2.15. The van der Waals surface area contributed by atoms with Gasteiger partial charge in [0.05, 0.1) is 0 Å². The van der Waals surface area contributed by atoms with Crippen LogP contribution in [0.4, 0.5) is 0 Å². The van der Waals surface area contributed by atoms with Crippen LogP contribution in [0.25, 0.3) is 6.08 Å². The molecule has 2 aliphatic carbocycles. The van der Waals surface area contributed by atoms with Crippen molar-refractivity contribution in [1.82, 2.24) is 0 Å². The van der Waals surface area contributed by atoms with Gasteiger partial charge >= 0.3 is 0 Å². The maximum atomic E-state index is 11.4. The predicted octanol–water partition coefficient (Wildman–Crippen LogP) is 2.39. The highest BCUT2D eigenvalue weighted by Gasteiger charge is 2.44. The Hall–Kier alpha value is -1.37.